The van der Waals surface area contributed by atoms with E-state index in [1.54, 1.807) is 24.4 Å². The smallest absolute Gasteiger partial charge is 0.277 e. The minimum Gasteiger partial charge on any atom is -0.278 e. The summed E-state index contributed by atoms with van der Waals surface area (Å²) in [5.74, 6) is -0.651. The molecular formula is C22H17N5O5S. The van der Waals surface area contributed by atoms with Crippen molar-refractivity contribution in [1.29, 1.82) is 0 Å². The van der Waals surface area contributed by atoms with Crippen LogP contribution in [0.15, 0.2) is 54.7 Å². The number of hydrogen-bond acceptors (Lipinski definition) is 8. The Morgan fingerprint density at radius 3 is 2.24 bits per heavy atom. The van der Waals surface area contributed by atoms with E-state index in [9.17, 15) is 25.0 Å². The van der Waals surface area contributed by atoms with Crippen LogP contribution < -0.4 is 4.90 Å². The minimum atomic E-state index is -0.767. The number of aryl methyl sites for hydroxylation is 2. The number of rotatable bonds is 6. The Hall–Kier alpha value is -4.25. The predicted octanol–water partition coefficient (Wildman–Crippen LogP) is 4.97. The second-order valence-electron chi connectivity index (χ2n) is 7.34. The molecule has 33 heavy (non-hydrogen) atoms. The predicted molar refractivity (Wildman–Crippen MR) is 124 cm³/mol. The van der Waals surface area contributed by atoms with Crippen molar-refractivity contribution in [3.63, 3.8) is 0 Å². The fraction of sp³-hybridized carbons (Fsp3) is 0.136. The van der Waals surface area contributed by atoms with Gasteiger partial charge in [0.05, 0.1) is 43.9 Å². The maximum Gasteiger partial charge on any atom is 0.277 e. The molecule has 2 aromatic carbocycles. The van der Waals surface area contributed by atoms with Crippen LogP contribution in [0, 0.1) is 34.1 Å². The third-order valence-corrected chi connectivity index (χ3v) is 6.24. The number of aromatic nitrogens is 2. The van der Waals surface area contributed by atoms with E-state index in [0.29, 0.717) is 10.8 Å². The summed E-state index contributed by atoms with van der Waals surface area (Å²) in [7, 11) is 0. The highest BCUT2D eigenvalue weighted by molar-refractivity contribution is 7.22. The Bertz CT molecular complexity index is 1330. The van der Waals surface area contributed by atoms with Gasteiger partial charge in [0.25, 0.3) is 17.3 Å². The lowest BCUT2D eigenvalue weighted by atomic mass is 10.1. The number of anilines is 1. The van der Waals surface area contributed by atoms with Gasteiger partial charge in [0, 0.05) is 18.3 Å². The molecule has 11 heteroatoms. The second-order valence-corrected chi connectivity index (χ2v) is 8.32. The van der Waals surface area contributed by atoms with Crippen LogP contribution in [0.4, 0.5) is 16.5 Å². The molecule has 0 saturated heterocycles. The summed E-state index contributed by atoms with van der Waals surface area (Å²) in [6.45, 7) is 3.90. The summed E-state index contributed by atoms with van der Waals surface area (Å²) in [6, 6.07) is 12.0. The van der Waals surface area contributed by atoms with E-state index in [4.69, 9.17) is 0 Å². The lowest BCUT2D eigenvalue weighted by Crippen LogP contribution is -2.30. The molecule has 166 valence electrons. The molecule has 0 aliphatic carbocycles. The number of fused-ring (bicyclic) bond motifs is 1. The van der Waals surface area contributed by atoms with E-state index in [-0.39, 0.29) is 12.1 Å². The van der Waals surface area contributed by atoms with E-state index in [0.717, 1.165) is 39.5 Å². The molecule has 1 amide bonds. The monoisotopic (exact) mass is 463 g/mol. The lowest BCUT2D eigenvalue weighted by molar-refractivity contribution is -0.394. The van der Waals surface area contributed by atoms with Gasteiger partial charge in [0.15, 0.2) is 5.13 Å². The number of hydrogen-bond donors (Lipinski definition) is 0. The molecule has 0 N–H and O–H groups in total. The van der Waals surface area contributed by atoms with Crippen molar-refractivity contribution in [2.45, 2.75) is 20.4 Å². The Balaban J connectivity index is 1.86. The van der Waals surface area contributed by atoms with E-state index in [1.807, 2.05) is 26.0 Å². The van der Waals surface area contributed by atoms with E-state index >= 15 is 0 Å². The first kappa shape index (κ1) is 22.0. The molecule has 0 bridgehead atoms. The molecule has 10 nitrogen and oxygen atoms in total. The Kier molecular flexibility index (Phi) is 5.80. The van der Waals surface area contributed by atoms with Crippen LogP contribution in [0.2, 0.25) is 0 Å². The van der Waals surface area contributed by atoms with E-state index < -0.39 is 27.1 Å². The topological polar surface area (TPSA) is 132 Å². The second kappa shape index (κ2) is 8.71. The van der Waals surface area contributed by atoms with Crippen molar-refractivity contribution < 1.29 is 14.6 Å². The number of benzene rings is 2. The quantitative estimate of drug-likeness (QED) is 0.291. The van der Waals surface area contributed by atoms with Gasteiger partial charge in [-0.1, -0.05) is 29.5 Å². The van der Waals surface area contributed by atoms with Gasteiger partial charge < -0.3 is 0 Å². The zero-order valence-electron chi connectivity index (χ0n) is 17.6. The molecule has 0 atom stereocenters. The Morgan fingerprint density at radius 1 is 1.00 bits per heavy atom. The fourth-order valence-corrected chi connectivity index (χ4v) is 4.44. The van der Waals surface area contributed by atoms with Crippen LogP contribution in [-0.2, 0) is 6.54 Å². The minimum absolute atomic E-state index is 0.0358. The molecule has 0 radical (unpaired) electrons. The largest absolute Gasteiger partial charge is 0.278 e. The van der Waals surface area contributed by atoms with E-state index in [1.165, 1.54) is 16.2 Å². The van der Waals surface area contributed by atoms with Crippen LogP contribution in [0.3, 0.4) is 0 Å². The number of nitro benzene ring substituents is 2. The molecule has 2 aromatic heterocycles. The number of nitrogens with zero attached hydrogens (tertiary/aromatic N) is 5. The molecule has 4 rings (SSSR count). The standard InChI is InChI=1S/C22H17N5O5S/c1-13-6-7-14(2)20-19(13)24-22(33-20)25(12-16-5-3-4-8-23-16)21(28)15-9-17(26(29)30)11-18(10-15)27(31)32/h3-11H,12H2,1-2H3. The van der Waals surface area contributed by atoms with Gasteiger partial charge in [-0.15, -0.1) is 0 Å². The SMILES string of the molecule is Cc1ccc(C)c2sc(N(Cc3ccccn3)C(=O)c3cc([N+](=O)[O-])cc([N+](=O)[O-])c3)nc12. The molecule has 0 aliphatic rings. The normalized spacial score (nSPS) is 10.8. The van der Waals surface area contributed by atoms with Crippen LogP contribution in [0.25, 0.3) is 10.2 Å². The molecule has 0 spiro atoms. The zero-order chi connectivity index (χ0) is 23.7. The number of nitro groups is 2. The molecule has 0 saturated carbocycles. The molecular weight excluding hydrogens is 446 g/mol. The molecule has 0 aliphatic heterocycles. The maximum absolute atomic E-state index is 13.6. The van der Waals surface area contributed by atoms with Gasteiger partial charge in [0.1, 0.15) is 0 Å². The average Bonchev–Trinajstić information content (AvgIpc) is 3.26. The van der Waals surface area contributed by atoms with Crippen molar-refractivity contribution >= 4 is 44.0 Å². The highest BCUT2D eigenvalue weighted by Crippen LogP contribution is 2.35. The first-order valence-corrected chi connectivity index (χ1v) is 10.6. The van der Waals surface area contributed by atoms with Crippen molar-refractivity contribution in [3.05, 3.63) is 97.3 Å². The van der Waals surface area contributed by atoms with Crippen molar-refractivity contribution in [2.24, 2.45) is 0 Å². The van der Waals surface area contributed by atoms with Gasteiger partial charge in [-0.2, -0.15) is 0 Å². The third kappa shape index (κ3) is 4.39. The fourth-order valence-electron chi connectivity index (χ4n) is 3.33. The summed E-state index contributed by atoms with van der Waals surface area (Å²) in [4.78, 5) is 44.9. The van der Waals surface area contributed by atoms with Crippen molar-refractivity contribution in [2.75, 3.05) is 4.90 Å². The Labute approximate surface area is 191 Å². The summed E-state index contributed by atoms with van der Waals surface area (Å²) in [6.07, 6.45) is 1.59. The maximum atomic E-state index is 13.6. The van der Waals surface area contributed by atoms with Crippen LogP contribution in [-0.4, -0.2) is 25.7 Å². The van der Waals surface area contributed by atoms with Crippen molar-refractivity contribution in [3.8, 4) is 0 Å². The molecule has 2 heterocycles. The van der Waals surface area contributed by atoms with Crippen LogP contribution in [0.1, 0.15) is 27.2 Å². The summed E-state index contributed by atoms with van der Waals surface area (Å²) in [5.41, 5.74) is 1.99. The molecule has 0 fully saturated rings. The summed E-state index contributed by atoms with van der Waals surface area (Å²) >= 11 is 1.31. The number of pyridine rings is 1. The zero-order valence-corrected chi connectivity index (χ0v) is 18.4. The van der Waals surface area contributed by atoms with Gasteiger partial charge in [-0.25, -0.2) is 4.98 Å². The average molecular weight is 463 g/mol. The van der Waals surface area contributed by atoms with Gasteiger partial charge in [-0.3, -0.25) is 34.9 Å². The number of non-ortho nitro benzene ring substituents is 2. The highest BCUT2D eigenvalue weighted by Gasteiger charge is 2.27. The van der Waals surface area contributed by atoms with Crippen LogP contribution >= 0.6 is 11.3 Å². The van der Waals surface area contributed by atoms with Crippen LogP contribution in [0.5, 0.6) is 0 Å². The van der Waals surface area contributed by atoms with Gasteiger partial charge in [-0.05, 0) is 37.1 Å². The first-order valence-electron chi connectivity index (χ1n) is 9.77. The van der Waals surface area contributed by atoms with Crippen molar-refractivity contribution in [1.82, 2.24) is 9.97 Å². The lowest BCUT2D eigenvalue weighted by Gasteiger charge is -2.19. The third-order valence-electron chi connectivity index (χ3n) is 5.02. The summed E-state index contributed by atoms with van der Waals surface area (Å²) < 4.78 is 0.911. The van der Waals surface area contributed by atoms with Gasteiger partial charge >= 0.3 is 0 Å². The number of carbonyl (C=O) groups excluding carboxylic acids is 1. The molecule has 0 unspecified atom stereocenters. The molecule has 4 aromatic rings. The highest BCUT2D eigenvalue weighted by atomic mass is 32.1. The number of carbonyl (C=O) groups is 1. The summed E-state index contributed by atoms with van der Waals surface area (Å²) in [5, 5.41) is 23.0. The Morgan fingerprint density at radius 2 is 1.67 bits per heavy atom. The van der Waals surface area contributed by atoms with Gasteiger partial charge in [0.2, 0.25) is 0 Å². The first-order chi connectivity index (χ1) is 15.7. The number of amides is 1. The number of thiazole rings is 1. The van der Waals surface area contributed by atoms with E-state index in [2.05, 4.69) is 9.97 Å².